The first kappa shape index (κ1) is 18.8. The van der Waals surface area contributed by atoms with Crippen LogP contribution in [0.25, 0.3) is 0 Å². The van der Waals surface area contributed by atoms with Crippen LogP contribution in [0.4, 0.5) is 5.69 Å². The Hall–Kier alpha value is -2.01. The van der Waals surface area contributed by atoms with Crippen molar-refractivity contribution in [1.82, 2.24) is 0 Å². The Morgan fingerprint density at radius 2 is 1.92 bits per heavy atom. The molecule has 0 atom stereocenters. The van der Waals surface area contributed by atoms with Crippen LogP contribution in [0.2, 0.25) is 10.0 Å². The molecule has 0 saturated carbocycles. The summed E-state index contributed by atoms with van der Waals surface area (Å²) in [6.45, 7) is 4.45. The van der Waals surface area contributed by atoms with Crippen molar-refractivity contribution in [2.45, 2.75) is 20.5 Å². The van der Waals surface area contributed by atoms with Crippen LogP contribution in [0.5, 0.6) is 5.75 Å². The Bertz CT molecular complexity index is 953. The predicted octanol–water partition coefficient (Wildman–Crippen LogP) is 6.50. The van der Waals surface area contributed by atoms with Gasteiger partial charge in [-0.05, 0) is 60.7 Å². The van der Waals surface area contributed by atoms with Crippen molar-refractivity contribution < 1.29 is 9.53 Å². The second-order valence-electron chi connectivity index (χ2n) is 5.96. The van der Waals surface area contributed by atoms with Crippen LogP contribution in [-0.2, 0) is 6.61 Å². The van der Waals surface area contributed by atoms with Crippen molar-refractivity contribution in [3.05, 3.63) is 79.5 Å². The fraction of sp³-hybridized carbons (Fsp3) is 0.150. The van der Waals surface area contributed by atoms with Gasteiger partial charge in [0.25, 0.3) is 5.91 Å². The molecule has 2 aromatic carbocycles. The van der Waals surface area contributed by atoms with Gasteiger partial charge in [0.2, 0.25) is 0 Å². The average Bonchev–Trinajstić information content (AvgIpc) is 3.07. The van der Waals surface area contributed by atoms with Gasteiger partial charge in [0, 0.05) is 10.6 Å². The maximum atomic E-state index is 12.4. The zero-order valence-electron chi connectivity index (χ0n) is 14.3. The Labute approximate surface area is 166 Å². The minimum atomic E-state index is -0.211. The van der Waals surface area contributed by atoms with E-state index in [-0.39, 0.29) is 5.91 Å². The number of anilines is 1. The summed E-state index contributed by atoms with van der Waals surface area (Å²) in [6, 6.07) is 12.9. The third-order valence-electron chi connectivity index (χ3n) is 3.79. The van der Waals surface area contributed by atoms with Gasteiger partial charge in [-0.1, -0.05) is 35.3 Å². The summed E-state index contributed by atoms with van der Waals surface area (Å²) >= 11 is 13.3. The fourth-order valence-corrected chi connectivity index (χ4v) is 3.62. The minimum Gasteiger partial charge on any atom is -0.489 e. The summed E-state index contributed by atoms with van der Waals surface area (Å²) < 4.78 is 5.89. The highest BCUT2D eigenvalue weighted by atomic mass is 35.5. The summed E-state index contributed by atoms with van der Waals surface area (Å²) in [7, 11) is 0. The molecule has 1 amide bonds. The molecule has 3 aromatic rings. The van der Waals surface area contributed by atoms with Crippen LogP contribution in [-0.4, -0.2) is 5.91 Å². The first-order chi connectivity index (χ1) is 12.4. The fourth-order valence-electron chi connectivity index (χ4n) is 2.37. The number of amides is 1. The normalized spacial score (nSPS) is 10.6. The SMILES string of the molecule is Cc1ccc(C)c(OCc2csc(C(=O)Nc3ccc(Cl)cc3Cl)c2)c1. The van der Waals surface area contributed by atoms with Crippen molar-refractivity contribution in [3.8, 4) is 5.75 Å². The second kappa shape index (κ2) is 8.12. The molecule has 1 heterocycles. The van der Waals surface area contributed by atoms with E-state index in [1.165, 1.54) is 11.3 Å². The zero-order chi connectivity index (χ0) is 18.7. The number of halogens is 2. The van der Waals surface area contributed by atoms with E-state index in [1.807, 2.05) is 37.4 Å². The Kier molecular flexibility index (Phi) is 5.87. The number of ether oxygens (including phenoxy) is 1. The van der Waals surface area contributed by atoms with Gasteiger partial charge >= 0.3 is 0 Å². The van der Waals surface area contributed by atoms with Gasteiger partial charge in [0.1, 0.15) is 12.4 Å². The van der Waals surface area contributed by atoms with E-state index in [9.17, 15) is 4.79 Å². The molecule has 0 saturated heterocycles. The van der Waals surface area contributed by atoms with Gasteiger partial charge in [0.05, 0.1) is 15.6 Å². The molecule has 0 fully saturated rings. The van der Waals surface area contributed by atoms with Crippen LogP contribution in [0, 0.1) is 13.8 Å². The highest BCUT2D eigenvalue weighted by Crippen LogP contribution is 2.27. The van der Waals surface area contributed by atoms with Crippen molar-refractivity contribution in [2.75, 3.05) is 5.32 Å². The van der Waals surface area contributed by atoms with E-state index in [1.54, 1.807) is 18.2 Å². The summed E-state index contributed by atoms with van der Waals surface area (Å²) in [5, 5.41) is 5.64. The van der Waals surface area contributed by atoms with Crippen LogP contribution in [0.1, 0.15) is 26.4 Å². The lowest BCUT2D eigenvalue weighted by atomic mass is 10.1. The molecule has 0 aliphatic heterocycles. The van der Waals surface area contributed by atoms with Gasteiger partial charge in [-0.15, -0.1) is 11.3 Å². The smallest absolute Gasteiger partial charge is 0.265 e. The lowest BCUT2D eigenvalue weighted by Crippen LogP contribution is -2.10. The first-order valence-electron chi connectivity index (χ1n) is 7.96. The van der Waals surface area contributed by atoms with Gasteiger partial charge in [-0.3, -0.25) is 4.79 Å². The molecule has 3 rings (SSSR count). The highest BCUT2D eigenvalue weighted by molar-refractivity contribution is 7.12. The van der Waals surface area contributed by atoms with E-state index in [4.69, 9.17) is 27.9 Å². The molecule has 3 nitrogen and oxygen atoms in total. The minimum absolute atomic E-state index is 0.211. The van der Waals surface area contributed by atoms with E-state index >= 15 is 0 Å². The van der Waals surface area contributed by atoms with Gasteiger partial charge in [0.15, 0.2) is 0 Å². The molecule has 1 N–H and O–H groups in total. The second-order valence-corrected chi connectivity index (χ2v) is 7.71. The lowest BCUT2D eigenvalue weighted by molar-refractivity contribution is 0.103. The molecule has 0 spiro atoms. The Morgan fingerprint density at radius 3 is 2.69 bits per heavy atom. The predicted molar refractivity (Wildman–Crippen MR) is 109 cm³/mol. The van der Waals surface area contributed by atoms with Crippen LogP contribution >= 0.6 is 34.5 Å². The molecular formula is C20H17Cl2NO2S. The van der Waals surface area contributed by atoms with Crippen molar-refractivity contribution in [3.63, 3.8) is 0 Å². The number of carbonyl (C=O) groups excluding carboxylic acids is 1. The molecule has 1 aromatic heterocycles. The maximum Gasteiger partial charge on any atom is 0.265 e. The lowest BCUT2D eigenvalue weighted by Gasteiger charge is -2.09. The average molecular weight is 406 g/mol. The topological polar surface area (TPSA) is 38.3 Å². The summed E-state index contributed by atoms with van der Waals surface area (Å²) in [5.74, 6) is 0.646. The maximum absolute atomic E-state index is 12.4. The number of carbonyl (C=O) groups is 1. The van der Waals surface area contributed by atoms with Crippen molar-refractivity contribution in [2.24, 2.45) is 0 Å². The van der Waals surface area contributed by atoms with Crippen molar-refractivity contribution >= 4 is 46.1 Å². The molecule has 0 unspecified atom stereocenters. The standard InChI is InChI=1S/C20H17Cl2NO2S/c1-12-3-4-13(2)18(7-12)25-10-14-8-19(26-11-14)20(24)23-17-6-5-15(21)9-16(17)22/h3-9,11H,10H2,1-2H3,(H,23,24). The number of hydrogen-bond acceptors (Lipinski definition) is 3. The molecular weight excluding hydrogens is 389 g/mol. The van der Waals surface area contributed by atoms with E-state index in [2.05, 4.69) is 11.4 Å². The number of hydrogen-bond donors (Lipinski definition) is 1. The van der Waals surface area contributed by atoms with Crippen LogP contribution < -0.4 is 10.1 Å². The Balaban J connectivity index is 1.65. The molecule has 134 valence electrons. The summed E-state index contributed by atoms with van der Waals surface area (Å²) in [6.07, 6.45) is 0. The Morgan fingerprint density at radius 1 is 1.12 bits per heavy atom. The van der Waals surface area contributed by atoms with E-state index < -0.39 is 0 Å². The first-order valence-corrected chi connectivity index (χ1v) is 9.60. The molecule has 0 aliphatic rings. The van der Waals surface area contributed by atoms with Crippen molar-refractivity contribution in [1.29, 1.82) is 0 Å². The summed E-state index contributed by atoms with van der Waals surface area (Å²) in [5.41, 5.74) is 3.71. The number of nitrogens with one attached hydrogen (secondary N) is 1. The van der Waals surface area contributed by atoms with Gasteiger partial charge in [-0.2, -0.15) is 0 Å². The molecule has 0 radical (unpaired) electrons. The number of benzene rings is 2. The van der Waals surface area contributed by atoms with Gasteiger partial charge in [-0.25, -0.2) is 0 Å². The largest absolute Gasteiger partial charge is 0.489 e. The molecule has 0 bridgehead atoms. The number of thiophene rings is 1. The zero-order valence-corrected chi connectivity index (χ0v) is 16.6. The van der Waals surface area contributed by atoms with Crippen LogP contribution in [0.15, 0.2) is 47.8 Å². The van der Waals surface area contributed by atoms with Crippen LogP contribution in [0.3, 0.4) is 0 Å². The van der Waals surface area contributed by atoms with E-state index in [0.717, 1.165) is 22.4 Å². The highest BCUT2D eigenvalue weighted by Gasteiger charge is 2.12. The number of aryl methyl sites for hydroxylation is 2. The third kappa shape index (κ3) is 4.58. The van der Waals surface area contributed by atoms with E-state index in [0.29, 0.717) is 27.2 Å². The monoisotopic (exact) mass is 405 g/mol. The molecule has 0 aliphatic carbocycles. The summed E-state index contributed by atoms with van der Waals surface area (Å²) in [4.78, 5) is 13.0. The molecule has 26 heavy (non-hydrogen) atoms. The van der Waals surface area contributed by atoms with Gasteiger partial charge < -0.3 is 10.1 Å². The number of rotatable bonds is 5. The quantitative estimate of drug-likeness (QED) is 0.525. The third-order valence-corrected chi connectivity index (χ3v) is 5.32. The molecule has 6 heteroatoms.